The van der Waals surface area contributed by atoms with E-state index in [1.807, 2.05) is 0 Å². The van der Waals surface area contributed by atoms with E-state index in [1.54, 1.807) is 0 Å². The van der Waals surface area contributed by atoms with Crippen molar-refractivity contribution >= 4 is 11.6 Å². The monoisotopic (exact) mass is 220 g/mol. The number of carbonyl (C=O) groups excluding carboxylic acids is 1. The molecule has 0 aliphatic heterocycles. The molecule has 0 saturated heterocycles. The van der Waals surface area contributed by atoms with E-state index in [1.165, 1.54) is 12.4 Å². The number of imidazole rings is 1. The SMILES string of the molecule is C=CCn1nnc2c(C(N)=O)ncn2c1=O. The minimum absolute atomic E-state index is 0.0535. The Morgan fingerprint density at radius 1 is 1.62 bits per heavy atom. The molecular weight excluding hydrogens is 212 g/mol. The third kappa shape index (κ3) is 1.36. The zero-order valence-electron chi connectivity index (χ0n) is 8.20. The van der Waals surface area contributed by atoms with Gasteiger partial charge in [-0.15, -0.1) is 11.7 Å². The van der Waals surface area contributed by atoms with Gasteiger partial charge in [-0.25, -0.2) is 14.2 Å². The van der Waals surface area contributed by atoms with E-state index in [-0.39, 0.29) is 17.9 Å². The molecule has 82 valence electrons. The van der Waals surface area contributed by atoms with E-state index in [4.69, 9.17) is 5.73 Å². The maximum atomic E-state index is 11.7. The Hall–Kier alpha value is -2.51. The Bertz CT molecular complexity index is 625. The summed E-state index contributed by atoms with van der Waals surface area (Å²) in [5.41, 5.74) is 4.59. The second-order valence-electron chi connectivity index (χ2n) is 2.99. The lowest BCUT2D eigenvalue weighted by Gasteiger charge is -1.99. The number of hydrogen-bond donors (Lipinski definition) is 1. The molecule has 0 radical (unpaired) electrons. The average Bonchev–Trinajstić information content (AvgIpc) is 2.67. The van der Waals surface area contributed by atoms with Crippen LogP contribution in [0.3, 0.4) is 0 Å². The van der Waals surface area contributed by atoms with Crippen molar-refractivity contribution < 1.29 is 4.79 Å². The molecule has 2 aromatic rings. The number of nitrogens with two attached hydrogens (primary N) is 1. The number of aromatic nitrogens is 5. The summed E-state index contributed by atoms with van der Waals surface area (Å²) in [5.74, 6) is -0.752. The highest BCUT2D eigenvalue weighted by Crippen LogP contribution is 2.00. The number of amides is 1. The number of primary amides is 1. The van der Waals surface area contributed by atoms with Gasteiger partial charge in [-0.05, 0) is 0 Å². The van der Waals surface area contributed by atoms with Gasteiger partial charge in [-0.2, -0.15) is 4.68 Å². The fourth-order valence-electron chi connectivity index (χ4n) is 1.25. The van der Waals surface area contributed by atoms with E-state index in [2.05, 4.69) is 21.9 Å². The lowest BCUT2D eigenvalue weighted by molar-refractivity contribution is 0.0997. The van der Waals surface area contributed by atoms with Crippen LogP contribution in [0.15, 0.2) is 23.8 Å². The highest BCUT2D eigenvalue weighted by atomic mass is 16.2. The molecule has 0 aliphatic rings. The number of fused-ring (bicyclic) bond motifs is 1. The molecule has 1 amide bonds. The molecule has 0 saturated carbocycles. The van der Waals surface area contributed by atoms with Crippen molar-refractivity contribution in [2.24, 2.45) is 5.73 Å². The first-order valence-corrected chi connectivity index (χ1v) is 4.36. The summed E-state index contributed by atoms with van der Waals surface area (Å²) in [7, 11) is 0. The predicted molar refractivity (Wildman–Crippen MR) is 53.8 cm³/mol. The summed E-state index contributed by atoms with van der Waals surface area (Å²) in [6.45, 7) is 3.71. The molecule has 16 heavy (non-hydrogen) atoms. The van der Waals surface area contributed by atoms with Gasteiger partial charge < -0.3 is 5.73 Å². The summed E-state index contributed by atoms with van der Waals surface area (Å²) >= 11 is 0. The largest absolute Gasteiger partial charge is 0.364 e. The Morgan fingerprint density at radius 3 is 3.00 bits per heavy atom. The van der Waals surface area contributed by atoms with Crippen molar-refractivity contribution in [3.63, 3.8) is 0 Å². The van der Waals surface area contributed by atoms with Crippen LogP contribution in [0.2, 0.25) is 0 Å². The maximum Gasteiger partial charge on any atom is 0.353 e. The Balaban J connectivity index is 2.73. The zero-order valence-corrected chi connectivity index (χ0v) is 8.20. The van der Waals surface area contributed by atoms with E-state index >= 15 is 0 Å². The van der Waals surface area contributed by atoms with Crippen molar-refractivity contribution in [3.8, 4) is 0 Å². The number of rotatable bonds is 3. The molecule has 0 bridgehead atoms. The summed E-state index contributed by atoms with van der Waals surface area (Å²) < 4.78 is 2.20. The van der Waals surface area contributed by atoms with Crippen LogP contribution in [0.25, 0.3) is 5.65 Å². The molecule has 0 atom stereocenters. The van der Waals surface area contributed by atoms with Gasteiger partial charge in [-0.1, -0.05) is 11.3 Å². The average molecular weight is 220 g/mol. The van der Waals surface area contributed by atoms with E-state index in [0.29, 0.717) is 0 Å². The van der Waals surface area contributed by atoms with Gasteiger partial charge in [0.15, 0.2) is 11.3 Å². The fraction of sp³-hybridized carbons (Fsp3) is 0.125. The van der Waals surface area contributed by atoms with Gasteiger partial charge in [0.2, 0.25) is 0 Å². The number of allylic oxidation sites excluding steroid dienone is 1. The lowest BCUT2D eigenvalue weighted by atomic mass is 10.4. The number of hydrogen-bond acceptors (Lipinski definition) is 5. The van der Waals surface area contributed by atoms with Crippen molar-refractivity contribution in [3.05, 3.63) is 35.2 Å². The summed E-state index contributed by atoms with van der Waals surface area (Å²) in [5, 5.41) is 7.33. The lowest BCUT2D eigenvalue weighted by Crippen LogP contribution is -2.29. The molecule has 0 fully saturated rings. The summed E-state index contributed by atoms with van der Waals surface area (Å²) in [6.07, 6.45) is 2.69. The Kier molecular flexibility index (Phi) is 2.24. The molecule has 8 heteroatoms. The molecule has 2 N–H and O–H groups in total. The van der Waals surface area contributed by atoms with Gasteiger partial charge in [-0.3, -0.25) is 4.79 Å². The van der Waals surface area contributed by atoms with Crippen molar-refractivity contribution in [1.82, 2.24) is 24.4 Å². The quantitative estimate of drug-likeness (QED) is 0.638. The summed E-state index contributed by atoms with van der Waals surface area (Å²) in [6, 6.07) is 0. The fourth-order valence-corrected chi connectivity index (χ4v) is 1.25. The topological polar surface area (TPSA) is 108 Å². The normalized spacial score (nSPS) is 10.5. The van der Waals surface area contributed by atoms with Gasteiger partial charge in [0.1, 0.15) is 6.33 Å². The van der Waals surface area contributed by atoms with Crippen LogP contribution >= 0.6 is 0 Å². The van der Waals surface area contributed by atoms with Crippen LogP contribution < -0.4 is 11.4 Å². The molecule has 2 aromatic heterocycles. The molecular formula is C8H8N6O2. The van der Waals surface area contributed by atoms with Crippen molar-refractivity contribution in [2.75, 3.05) is 0 Å². The van der Waals surface area contributed by atoms with Crippen LogP contribution in [-0.2, 0) is 6.54 Å². The first kappa shape index (κ1) is 10.0. The van der Waals surface area contributed by atoms with Crippen molar-refractivity contribution in [1.29, 1.82) is 0 Å². The van der Waals surface area contributed by atoms with Crippen LogP contribution in [0.5, 0.6) is 0 Å². The minimum Gasteiger partial charge on any atom is -0.364 e. The smallest absolute Gasteiger partial charge is 0.353 e. The second kappa shape index (κ2) is 3.57. The standard InChI is InChI=1S/C8H8N6O2/c1-2-3-14-8(16)13-4-10-5(6(9)15)7(13)11-12-14/h2,4H,1,3H2,(H2,9,15). The molecule has 2 heterocycles. The van der Waals surface area contributed by atoms with Gasteiger partial charge in [0.05, 0.1) is 6.54 Å². The van der Waals surface area contributed by atoms with Crippen molar-refractivity contribution in [2.45, 2.75) is 6.54 Å². The molecule has 0 aromatic carbocycles. The van der Waals surface area contributed by atoms with Crippen LogP contribution in [0.4, 0.5) is 0 Å². The van der Waals surface area contributed by atoms with E-state index < -0.39 is 11.6 Å². The Morgan fingerprint density at radius 2 is 2.38 bits per heavy atom. The van der Waals surface area contributed by atoms with Gasteiger partial charge in [0.25, 0.3) is 5.91 Å². The first-order valence-electron chi connectivity index (χ1n) is 4.36. The molecule has 0 aliphatic carbocycles. The number of nitrogens with zero attached hydrogens (tertiary/aromatic N) is 5. The zero-order chi connectivity index (χ0) is 11.7. The molecule has 0 spiro atoms. The molecule has 8 nitrogen and oxygen atoms in total. The van der Waals surface area contributed by atoms with Crippen LogP contribution in [0, 0.1) is 0 Å². The third-order valence-corrected chi connectivity index (χ3v) is 1.95. The van der Waals surface area contributed by atoms with Crippen LogP contribution in [0.1, 0.15) is 10.5 Å². The number of carbonyl (C=O) groups is 1. The highest BCUT2D eigenvalue weighted by molar-refractivity contribution is 5.96. The highest BCUT2D eigenvalue weighted by Gasteiger charge is 2.14. The predicted octanol–water partition coefficient (Wildman–Crippen LogP) is -1.43. The van der Waals surface area contributed by atoms with Gasteiger partial charge in [0, 0.05) is 0 Å². The van der Waals surface area contributed by atoms with E-state index in [9.17, 15) is 9.59 Å². The molecule has 0 unspecified atom stereocenters. The second-order valence-corrected chi connectivity index (χ2v) is 2.99. The maximum absolute atomic E-state index is 11.7. The minimum atomic E-state index is -0.752. The van der Waals surface area contributed by atoms with E-state index in [0.717, 1.165) is 9.08 Å². The van der Waals surface area contributed by atoms with Crippen LogP contribution in [-0.4, -0.2) is 30.3 Å². The Labute approximate surface area is 89.0 Å². The molecule has 2 rings (SSSR count). The van der Waals surface area contributed by atoms with Gasteiger partial charge >= 0.3 is 5.69 Å². The summed E-state index contributed by atoms with van der Waals surface area (Å²) in [4.78, 5) is 26.4. The first-order chi connectivity index (χ1) is 7.65. The third-order valence-electron chi connectivity index (χ3n) is 1.95.